The maximum absolute atomic E-state index is 13.2. The Bertz CT molecular complexity index is 503. The minimum atomic E-state index is -1.10. The lowest BCUT2D eigenvalue weighted by atomic mass is 9.87. The Kier molecular flexibility index (Phi) is 4.30. The molecule has 102 valence electrons. The van der Waals surface area contributed by atoms with E-state index in [-0.39, 0.29) is 17.1 Å². The van der Waals surface area contributed by atoms with Crippen molar-refractivity contribution in [3.63, 3.8) is 0 Å². The number of hydrogen-bond acceptors (Lipinski definition) is 1. The van der Waals surface area contributed by atoms with Crippen LogP contribution in [0.4, 0.5) is 8.78 Å². The fraction of sp³-hybridized carbons (Fsp3) is 0.400. The van der Waals surface area contributed by atoms with E-state index < -0.39 is 17.6 Å². The van der Waals surface area contributed by atoms with Gasteiger partial charge >= 0.3 is 5.97 Å². The van der Waals surface area contributed by atoms with Crippen LogP contribution in [0, 0.1) is 17.6 Å². The second-order valence-corrected chi connectivity index (χ2v) is 4.91. The fourth-order valence-corrected chi connectivity index (χ4v) is 2.49. The number of aliphatic carboxylic acids is 1. The standard InChI is InChI=1S/C15H16F2O2/c16-13-7-6-11(9-14(13)17)12(15(18)19)8-10-4-2-1-3-5-10/h6-10H,1-5H2,(H,18,19)/b12-8+. The summed E-state index contributed by atoms with van der Waals surface area (Å²) in [5.74, 6) is -2.87. The molecule has 1 saturated carbocycles. The normalized spacial score (nSPS) is 17.5. The first-order valence-electron chi connectivity index (χ1n) is 6.48. The van der Waals surface area contributed by atoms with Gasteiger partial charge in [0.05, 0.1) is 5.57 Å². The van der Waals surface area contributed by atoms with E-state index in [1.165, 1.54) is 12.5 Å². The van der Waals surface area contributed by atoms with Crippen LogP contribution in [0.15, 0.2) is 24.3 Å². The van der Waals surface area contributed by atoms with E-state index >= 15 is 0 Å². The zero-order valence-electron chi connectivity index (χ0n) is 10.5. The molecular formula is C15H16F2O2. The van der Waals surface area contributed by atoms with Crippen molar-refractivity contribution in [1.82, 2.24) is 0 Å². The Balaban J connectivity index is 2.30. The van der Waals surface area contributed by atoms with Crippen molar-refractivity contribution in [2.45, 2.75) is 32.1 Å². The molecule has 1 aliphatic carbocycles. The Morgan fingerprint density at radius 2 is 1.84 bits per heavy atom. The van der Waals surface area contributed by atoms with Crippen LogP contribution in [-0.4, -0.2) is 11.1 Å². The maximum Gasteiger partial charge on any atom is 0.335 e. The Labute approximate surface area is 110 Å². The van der Waals surface area contributed by atoms with Gasteiger partial charge in [-0.05, 0) is 36.5 Å². The maximum atomic E-state index is 13.2. The molecule has 1 N–H and O–H groups in total. The molecule has 1 aromatic rings. The number of carboxylic acids is 1. The lowest BCUT2D eigenvalue weighted by Crippen LogP contribution is -2.08. The summed E-state index contributed by atoms with van der Waals surface area (Å²) in [5, 5.41) is 9.23. The van der Waals surface area contributed by atoms with E-state index in [1.807, 2.05) is 0 Å². The fourth-order valence-electron chi connectivity index (χ4n) is 2.49. The van der Waals surface area contributed by atoms with Crippen LogP contribution in [0.25, 0.3) is 5.57 Å². The summed E-state index contributed by atoms with van der Waals surface area (Å²) >= 11 is 0. The molecule has 2 rings (SSSR count). The van der Waals surface area contributed by atoms with Gasteiger partial charge in [0, 0.05) is 0 Å². The van der Waals surface area contributed by atoms with Crippen molar-refractivity contribution in [1.29, 1.82) is 0 Å². The van der Waals surface area contributed by atoms with E-state index in [2.05, 4.69) is 0 Å². The lowest BCUT2D eigenvalue weighted by molar-refractivity contribution is -0.130. The second kappa shape index (κ2) is 5.95. The lowest BCUT2D eigenvalue weighted by Gasteiger charge is -2.19. The number of carbonyl (C=O) groups is 1. The van der Waals surface area contributed by atoms with Gasteiger partial charge < -0.3 is 5.11 Å². The average molecular weight is 266 g/mol. The monoisotopic (exact) mass is 266 g/mol. The molecule has 1 aromatic carbocycles. The number of allylic oxidation sites excluding steroid dienone is 1. The predicted molar refractivity (Wildman–Crippen MR) is 68.5 cm³/mol. The molecule has 0 unspecified atom stereocenters. The third-order valence-corrected chi connectivity index (χ3v) is 3.51. The van der Waals surface area contributed by atoms with Crippen molar-refractivity contribution < 1.29 is 18.7 Å². The third-order valence-electron chi connectivity index (χ3n) is 3.51. The summed E-state index contributed by atoms with van der Waals surface area (Å²) in [7, 11) is 0. The van der Waals surface area contributed by atoms with Gasteiger partial charge in [-0.15, -0.1) is 0 Å². The van der Waals surface area contributed by atoms with Gasteiger partial charge in [-0.3, -0.25) is 0 Å². The number of benzene rings is 1. The second-order valence-electron chi connectivity index (χ2n) is 4.91. The molecule has 0 spiro atoms. The smallest absolute Gasteiger partial charge is 0.335 e. The van der Waals surface area contributed by atoms with Gasteiger partial charge in [-0.25, -0.2) is 13.6 Å². The van der Waals surface area contributed by atoms with Crippen LogP contribution in [0.2, 0.25) is 0 Å². The highest BCUT2D eigenvalue weighted by atomic mass is 19.2. The SMILES string of the molecule is O=C(O)/C(=C/C1CCCCC1)c1ccc(F)c(F)c1. The molecular weight excluding hydrogens is 250 g/mol. The Hall–Kier alpha value is -1.71. The number of carboxylic acid groups (broad SMARTS) is 1. The van der Waals surface area contributed by atoms with Gasteiger partial charge in [-0.2, -0.15) is 0 Å². The first kappa shape index (κ1) is 13.7. The van der Waals surface area contributed by atoms with Crippen LogP contribution in [0.1, 0.15) is 37.7 Å². The zero-order chi connectivity index (χ0) is 13.8. The van der Waals surface area contributed by atoms with E-state index in [0.717, 1.165) is 37.8 Å². The topological polar surface area (TPSA) is 37.3 Å². The van der Waals surface area contributed by atoms with Gasteiger partial charge in [-0.1, -0.05) is 31.4 Å². The van der Waals surface area contributed by atoms with E-state index in [4.69, 9.17) is 0 Å². The number of halogens is 2. The van der Waals surface area contributed by atoms with E-state index in [0.29, 0.717) is 0 Å². The molecule has 1 aliphatic rings. The average Bonchev–Trinajstić information content (AvgIpc) is 2.40. The van der Waals surface area contributed by atoms with Crippen molar-refractivity contribution in [2.24, 2.45) is 5.92 Å². The molecule has 0 heterocycles. The minimum absolute atomic E-state index is 0.0609. The van der Waals surface area contributed by atoms with Gasteiger partial charge in [0.2, 0.25) is 0 Å². The molecule has 0 aromatic heterocycles. The van der Waals surface area contributed by atoms with E-state index in [1.54, 1.807) is 6.08 Å². The van der Waals surface area contributed by atoms with Crippen molar-refractivity contribution in [3.05, 3.63) is 41.5 Å². The molecule has 0 saturated heterocycles. The molecule has 1 fully saturated rings. The van der Waals surface area contributed by atoms with Crippen LogP contribution < -0.4 is 0 Å². The first-order valence-corrected chi connectivity index (χ1v) is 6.48. The van der Waals surface area contributed by atoms with Crippen molar-refractivity contribution in [3.8, 4) is 0 Å². The molecule has 2 nitrogen and oxygen atoms in total. The summed E-state index contributed by atoms with van der Waals surface area (Å²) in [4.78, 5) is 11.3. The van der Waals surface area contributed by atoms with Gasteiger partial charge in [0.15, 0.2) is 11.6 Å². The van der Waals surface area contributed by atoms with Crippen molar-refractivity contribution >= 4 is 11.5 Å². The minimum Gasteiger partial charge on any atom is -0.478 e. The van der Waals surface area contributed by atoms with E-state index in [9.17, 15) is 18.7 Å². The largest absolute Gasteiger partial charge is 0.478 e. The first-order chi connectivity index (χ1) is 9.08. The number of hydrogen-bond donors (Lipinski definition) is 1. The molecule has 0 aliphatic heterocycles. The summed E-state index contributed by atoms with van der Waals surface area (Å²) in [5.41, 5.74) is 0.280. The van der Waals surface area contributed by atoms with Crippen LogP contribution in [0.3, 0.4) is 0 Å². The molecule has 0 amide bonds. The Morgan fingerprint density at radius 1 is 1.16 bits per heavy atom. The highest BCUT2D eigenvalue weighted by molar-refractivity contribution is 6.15. The summed E-state index contributed by atoms with van der Waals surface area (Å²) < 4.78 is 26.1. The molecule has 19 heavy (non-hydrogen) atoms. The summed E-state index contributed by atoms with van der Waals surface area (Å²) in [6.07, 6.45) is 6.96. The van der Waals surface area contributed by atoms with Crippen LogP contribution >= 0.6 is 0 Å². The van der Waals surface area contributed by atoms with Gasteiger partial charge in [0.25, 0.3) is 0 Å². The highest BCUT2D eigenvalue weighted by Gasteiger charge is 2.17. The van der Waals surface area contributed by atoms with Crippen LogP contribution in [-0.2, 0) is 4.79 Å². The number of rotatable bonds is 3. The highest BCUT2D eigenvalue weighted by Crippen LogP contribution is 2.28. The molecule has 4 heteroatoms. The third kappa shape index (κ3) is 3.40. The van der Waals surface area contributed by atoms with Crippen molar-refractivity contribution in [2.75, 3.05) is 0 Å². The summed E-state index contributed by atoms with van der Waals surface area (Å²) in [6.45, 7) is 0. The van der Waals surface area contributed by atoms with Gasteiger partial charge in [0.1, 0.15) is 0 Å². The Morgan fingerprint density at radius 3 is 2.42 bits per heavy atom. The summed E-state index contributed by atoms with van der Waals surface area (Å²) in [6, 6.07) is 3.21. The van der Waals surface area contributed by atoms with Crippen LogP contribution in [0.5, 0.6) is 0 Å². The quantitative estimate of drug-likeness (QED) is 0.839. The zero-order valence-corrected chi connectivity index (χ0v) is 10.5. The molecule has 0 atom stereocenters. The predicted octanol–water partition coefficient (Wildman–Crippen LogP) is 4.01. The molecule has 0 bridgehead atoms. The molecule has 0 radical (unpaired) electrons.